The third-order valence-electron chi connectivity index (χ3n) is 12.9. The average molecular weight is 1070 g/mol. The number of quaternary nitrogens is 1. The zero-order valence-electron chi connectivity index (χ0n) is 49.0. The lowest BCUT2D eigenvalue weighted by Gasteiger charge is -2.24. The number of carbonyl (C=O) groups excluding carboxylic acids is 2. The summed E-state index contributed by atoms with van der Waals surface area (Å²) in [5.41, 5.74) is 0. The van der Waals surface area contributed by atoms with Crippen molar-refractivity contribution in [2.75, 3.05) is 47.5 Å². The number of rotatable bonds is 55. The molecular weight excluding hydrogens is 954 g/mol. The Morgan fingerprint density at radius 2 is 0.760 bits per heavy atom. The Kier molecular flexibility index (Phi) is 53.4. The molecule has 0 bridgehead atoms. The van der Waals surface area contributed by atoms with Crippen LogP contribution in [0.25, 0.3) is 0 Å². The van der Waals surface area contributed by atoms with Gasteiger partial charge in [-0.05, 0) is 77.0 Å². The summed E-state index contributed by atoms with van der Waals surface area (Å²) in [6, 6.07) is 0. The fourth-order valence-corrected chi connectivity index (χ4v) is 8.95. The minimum Gasteiger partial charge on any atom is -0.462 e. The normalized spacial score (nSPS) is 13.9. The third kappa shape index (κ3) is 60.0. The summed E-state index contributed by atoms with van der Waals surface area (Å²) < 4.78 is 34.6. The molecular formula is C65H115NO8P+. The van der Waals surface area contributed by atoms with Gasteiger partial charge in [-0.15, -0.1) is 0 Å². The van der Waals surface area contributed by atoms with Crippen LogP contribution in [0.4, 0.5) is 0 Å². The van der Waals surface area contributed by atoms with Crippen molar-refractivity contribution < 1.29 is 42.1 Å². The maximum atomic E-state index is 12.8. The van der Waals surface area contributed by atoms with E-state index >= 15 is 0 Å². The van der Waals surface area contributed by atoms with Crippen molar-refractivity contribution in [1.29, 1.82) is 0 Å². The molecule has 2 atom stereocenters. The van der Waals surface area contributed by atoms with Crippen LogP contribution in [-0.4, -0.2) is 74.9 Å². The molecule has 0 aliphatic rings. The highest BCUT2D eigenvalue weighted by atomic mass is 31.2. The number of phosphoric acid groups is 1. The van der Waals surface area contributed by atoms with Gasteiger partial charge in [-0.3, -0.25) is 18.6 Å². The molecule has 0 aromatic carbocycles. The molecule has 9 nitrogen and oxygen atoms in total. The summed E-state index contributed by atoms with van der Waals surface area (Å²) in [6.07, 6.45) is 76.2. The molecule has 2 unspecified atom stereocenters. The second-order valence-corrected chi connectivity index (χ2v) is 22.8. The zero-order valence-corrected chi connectivity index (χ0v) is 49.9. The van der Waals surface area contributed by atoms with Crippen LogP contribution in [0.2, 0.25) is 0 Å². The van der Waals surface area contributed by atoms with Gasteiger partial charge in [0.1, 0.15) is 19.8 Å². The van der Waals surface area contributed by atoms with Crippen molar-refractivity contribution in [3.8, 4) is 0 Å². The van der Waals surface area contributed by atoms with Crippen LogP contribution in [0.1, 0.15) is 251 Å². The van der Waals surface area contributed by atoms with E-state index in [0.29, 0.717) is 17.4 Å². The number of likely N-dealkylation sites (N-methyl/N-ethyl adjacent to an activating group) is 1. The van der Waals surface area contributed by atoms with E-state index in [1.807, 2.05) is 21.1 Å². The largest absolute Gasteiger partial charge is 0.472 e. The number of unbranched alkanes of at least 4 members (excludes halogenated alkanes) is 25. The second kappa shape index (κ2) is 55.7. The highest BCUT2D eigenvalue weighted by Crippen LogP contribution is 2.43. The van der Waals surface area contributed by atoms with Crippen LogP contribution >= 0.6 is 7.82 Å². The average Bonchev–Trinajstić information content (AvgIpc) is 3.37. The first kappa shape index (κ1) is 71.9. The van der Waals surface area contributed by atoms with Crippen molar-refractivity contribution in [1.82, 2.24) is 0 Å². The van der Waals surface area contributed by atoms with E-state index < -0.39 is 26.5 Å². The van der Waals surface area contributed by atoms with Gasteiger partial charge in [0.05, 0.1) is 27.7 Å². The maximum Gasteiger partial charge on any atom is 0.472 e. The fraction of sp³-hybridized carbons (Fsp3) is 0.723. The lowest BCUT2D eigenvalue weighted by Crippen LogP contribution is -2.37. The van der Waals surface area contributed by atoms with Gasteiger partial charge in [0.2, 0.25) is 0 Å². The van der Waals surface area contributed by atoms with Gasteiger partial charge in [-0.25, -0.2) is 4.57 Å². The number of esters is 2. The summed E-state index contributed by atoms with van der Waals surface area (Å²) in [6.45, 7) is 4.32. The highest BCUT2D eigenvalue weighted by Gasteiger charge is 2.27. The molecule has 0 rings (SSSR count). The highest BCUT2D eigenvalue weighted by molar-refractivity contribution is 7.47. The first-order valence-electron chi connectivity index (χ1n) is 30.5. The second-order valence-electron chi connectivity index (χ2n) is 21.4. The number of allylic oxidation sites excluding steroid dienone is 16. The van der Waals surface area contributed by atoms with Crippen molar-refractivity contribution in [3.63, 3.8) is 0 Å². The van der Waals surface area contributed by atoms with Gasteiger partial charge in [-0.1, -0.05) is 259 Å². The number of hydrogen-bond acceptors (Lipinski definition) is 7. The van der Waals surface area contributed by atoms with E-state index in [-0.39, 0.29) is 32.0 Å². The number of carbonyl (C=O) groups is 2. The van der Waals surface area contributed by atoms with Crippen LogP contribution in [0.3, 0.4) is 0 Å². The molecule has 0 saturated carbocycles. The van der Waals surface area contributed by atoms with Crippen molar-refractivity contribution >= 4 is 19.8 Å². The monoisotopic (exact) mass is 1070 g/mol. The van der Waals surface area contributed by atoms with Crippen LogP contribution in [0.15, 0.2) is 97.2 Å². The SMILES string of the molecule is CC/C=C\C/C=C\C/C=C\C/C=C\C/C=C\C/C=C\C/C=C\C/C=C\CCCCCCCCC(=O)OC(COC(=O)CCCCCCCCCCCCCCCCCCCCCC)COP(=O)(O)OCC[N+](C)(C)C. The summed E-state index contributed by atoms with van der Waals surface area (Å²) in [5, 5.41) is 0. The molecule has 0 radical (unpaired) electrons. The Labute approximate surface area is 462 Å². The molecule has 0 spiro atoms. The Hall–Kier alpha value is -3.07. The molecule has 0 fully saturated rings. The quantitative estimate of drug-likeness (QED) is 0.0211. The minimum absolute atomic E-state index is 0.0251. The van der Waals surface area contributed by atoms with Crippen LogP contribution in [0.5, 0.6) is 0 Å². The molecule has 0 heterocycles. The number of ether oxygens (including phenoxy) is 2. The van der Waals surface area contributed by atoms with Gasteiger partial charge in [0, 0.05) is 12.8 Å². The predicted octanol–water partition coefficient (Wildman–Crippen LogP) is 19.2. The molecule has 0 saturated heterocycles. The first-order chi connectivity index (χ1) is 36.5. The van der Waals surface area contributed by atoms with Crippen LogP contribution in [-0.2, 0) is 32.7 Å². The predicted molar refractivity (Wildman–Crippen MR) is 321 cm³/mol. The lowest BCUT2D eigenvalue weighted by molar-refractivity contribution is -0.870. The molecule has 0 aromatic heterocycles. The topological polar surface area (TPSA) is 108 Å². The van der Waals surface area contributed by atoms with Crippen molar-refractivity contribution in [2.24, 2.45) is 0 Å². The molecule has 0 amide bonds. The summed E-state index contributed by atoms with van der Waals surface area (Å²) in [5.74, 6) is -0.811. The van der Waals surface area contributed by atoms with E-state index in [4.69, 9.17) is 18.5 Å². The number of hydrogen-bond donors (Lipinski definition) is 1. The smallest absolute Gasteiger partial charge is 0.462 e. The number of phosphoric ester groups is 1. The van der Waals surface area contributed by atoms with E-state index in [0.717, 1.165) is 109 Å². The standard InChI is InChI=1S/C65H114NO8P/c1-6-8-10-12-14-16-18-20-22-24-26-28-29-30-31-32-33-34-35-36-37-38-40-42-44-46-48-50-52-54-56-58-65(68)74-63(62-73-75(69,70)72-60-59-66(3,4)5)61-71-64(67)57-55-53-51-49-47-45-43-41-39-27-25-23-21-19-17-15-13-11-9-7-2/h8,10,14,16,20,22,26,28,30-31,33-34,36-37,40,42,63H,6-7,9,11-13,15,17-19,21,23-25,27,29,32,35,38-39,41,43-62H2,1-5H3/p+1/b10-8-,16-14-,22-20-,28-26-,31-30-,34-33-,37-36-,42-40-. The van der Waals surface area contributed by atoms with Crippen LogP contribution < -0.4 is 0 Å². The number of nitrogens with zero attached hydrogens (tertiary/aromatic N) is 1. The molecule has 0 aliphatic heterocycles. The maximum absolute atomic E-state index is 12.8. The Bertz CT molecular complexity index is 1590. The first-order valence-corrected chi connectivity index (χ1v) is 32.0. The van der Waals surface area contributed by atoms with E-state index in [2.05, 4.69) is 111 Å². The van der Waals surface area contributed by atoms with E-state index in [1.54, 1.807) is 0 Å². The van der Waals surface area contributed by atoms with Gasteiger partial charge >= 0.3 is 19.8 Å². The minimum atomic E-state index is -4.40. The van der Waals surface area contributed by atoms with Gasteiger partial charge < -0.3 is 18.9 Å². The van der Waals surface area contributed by atoms with Crippen LogP contribution in [0, 0.1) is 0 Å². The van der Waals surface area contributed by atoms with Gasteiger partial charge in [0.25, 0.3) is 0 Å². The van der Waals surface area contributed by atoms with E-state index in [9.17, 15) is 19.0 Å². The van der Waals surface area contributed by atoms with Gasteiger partial charge in [0.15, 0.2) is 6.10 Å². The molecule has 432 valence electrons. The Morgan fingerprint density at radius 3 is 1.13 bits per heavy atom. The molecule has 10 heteroatoms. The summed E-state index contributed by atoms with van der Waals surface area (Å²) >= 11 is 0. The molecule has 0 aromatic rings. The summed E-state index contributed by atoms with van der Waals surface area (Å²) in [7, 11) is 1.46. The third-order valence-corrected chi connectivity index (χ3v) is 13.9. The Morgan fingerprint density at radius 1 is 0.427 bits per heavy atom. The molecule has 1 N–H and O–H groups in total. The Balaban J connectivity index is 4.20. The molecule has 0 aliphatic carbocycles. The lowest BCUT2D eigenvalue weighted by atomic mass is 10.0. The molecule has 75 heavy (non-hydrogen) atoms. The zero-order chi connectivity index (χ0) is 54.9. The van der Waals surface area contributed by atoms with E-state index in [1.165, 1.54) is 109 Å². The summed E-state index contributed by atoms with van der Waals surface area (Å²) in [4.78, 5) is 35.7. The van der Waals surface area contributed by atoms with Crippen molar-refractivity contribution in [2.45, 2.75) is 258 Å². The van der Waals surface area contributed by atoms with Gasteiger partial charge in [-0.2, -0.15) is 0 Å². The fourth-order valence-electron chi connectivity index (χ4n) is 8.21. The van der Waals surface area contributed by atoms with Crippen molar-refractivity contribution in [3.05, 3.63) is 97.2 Å².